The van der Waals surface area contributed by atoms with E-state index in [1.54, 1.807) is 12.5 Å². The van der Waals surface area contributed by atoms with Crippen molar-refractivity contribution >= 4 is 17.7 Å². The summed E-state index contributed by atoms with van der Waals surface area (Å²) in [5, 5.41) is 3.10. The van der Waals surface area contributed by atoms with Crippen LogP contribution in [0.4, 0.5) is 0 Å². The number of rotatable bonds is 8. The summed E-state index contributed by atoms with van der Waals surface area (Å²) in [4.78, 5) is 21.5. The first-order valence-electron chi connectivity index (χ1n) is 9.62. The molecule has 6 heteroatoms. The zero-order chi connectivity index (χ0) is 20.6. The van der Waals surface area contributed by atoms with Crippen LogP contribution in [0.1, 0.15) is 23.0 Å². The first-order chi connectivity index (χ1) is 14.8. The molecule has 4 rings (SSSR count). The summed E-state index contributed by atoms with van der Waals surface area (Å²) < 4.78 is 5.56. The molecule has 1 amide bonds. The third-order valence-electron chi connectivity index (χ3n) is 4.48. The zero-order valence-electron chi connectivity index (χ0n) is 16.3. The second-order valence-electron chi connectivity index (χ2n) is 6.67. The average Bonchev–Trinajstić information content (AvgIpc) is 3.28. The molecule has 0 saturated heterocycles. The van der Waals surface area contributed by atoms with Gasteiger partial charge in [0.25, 0.3) is 0 Å². The van der Waals surface area contributed by atoms with Crippen LogP contribution < -0.4 is 5.32 Å². The molecule has 2 aromatic carbocycles. The highest BCUT2D eigenvalue weighted by Crippen LogP contribution is 2.22. The molecule has 2 aromatic heterocycles. The third kappa shape index (κ3) is 5.15. The zero-order valence-corrected chi connectivity index (χ0v) is 17.1. The van der Waals surface area contributed by atoms with Gasteiger partial charge in [0.1, 0.15) is 6.26 Å². The van der Waals surface area contributed by atoms with E-state index in [1.165, 1.54) is 11.8 Å². The fourth-order valence-corrected chi connectivity index (χ4v) is 3.77. The van der Waals surface area contributed by atoms with Gasteiger partial charge in [-0.2, -0.15) is 0 Å². The van der Waals surface area contributed by atoms with Crippen LogP contribution >= 0.6 is 11.8 Å². The van der Waals surface area contributed by atoms with Crippen LogP contribution in [0.3, 0.4) is 0 Å². The molecule has 0 unspecified atom stereocenters. The molecule has 0 aliphatic carbocycles. The minimum Gasteiger partial charge on any atom is -0.444 e. The molecule has 0 spiro atoms. The summed E-state index contributed by atoms with van der Waals surface area (Å²) in [6.45, 7) is 0. The molecular formula is C24H21N3O2S. The van der Waals surface area contributed by atoms with E-state index in [0.29, 0.717) is 17.4 Å². The van der Waals surface area contributed by atoms with E-state index in [2.05, 4.69) is 15.3 Å². The van der Waals surface area contributed by atoms with Crippen LogP contribution in [-0.2, 0) is 10.5 Å². The van der Waals surface area contributed by atoms with Crippen LogP contribution in [0.5, 0.6) is 0 Å². The molecule has 4 aromatic rings. The first kappa shape index (κ1) is 19.9. The number of nitrogens with zero attached hydrogens (tertiary/aromatic N) is 2. The summed E-state index contributed by atoms with van der Waals surface area (Å²) in [5.74, 6) is 1.47. The maximum absolute atomic E-state index is 12.6. The van der Waals surface area contributed by atoms with Crippen molar-refractivity contribution in [2.45, 2.75) is 11.8 Å². The maximum Gasteiger partial charge on any atom is 0.230 e. The standard InChI is InChI=1S/C24H21N3O2S/c28-22(17-30-16-20-15-29-24(26-20)19-11-5-2-6-12-19)27-23(18-9-3-1-4-10-18)21-13-7-8-14-25-21/h1-15,23H,16-17H2,(H,27,28)/t23-/m1/s1. The number of hydrogen-bond donors (Lipinski definition) is 1. The Morgan fingerprint density at radius 1 is 0.967 bits per heavy atom. The molecule has 1 atom stereocenters. The van der Waals surface area contributed by atoms with Crippen molar-refractivity contribution < 1.29 is 9.21 Å². The summed E-state index contributed by atoms with van der Waals surface area (Å²) in [7, 11) is 0. The van der Waals surface area contributed by atoms with Crippen molar-refractivity contribution in [3.05, 3.63) is 108 Å². The smallest absolute Gasteiger partial charge is 0.230 e. The Bertz CT molecular complexity index is 1030. The number of nitrogens with one attached hydrogen (secondary N) is 1. The molecule has 2 heterocycles. The first-order valence-corrected chi connectivity index (χ1v) is 10.8. The Morgan fingerprint density at radius 3 is 2.43 bits per heavy atom. The van der Waals surface area contributed by atoms with Gasteiger partial charge in [0.15, 0.2) is 0 Å². The van der Waals surface area contributed by atoms with Crippen molar-refractivity contribution in [1.29, 1.82) is 0 Å². The highest BCUT2D eigenvalue weighted by molar-refractivity contribution is 7.99. The fourth-order valence-electron chi connectivity index (χ4n) is 3.06. The van der Waals surface area contributed by atoms with Gasteiger partial charge in [0.2, 0.25) is 11.8 Å². The van der Waals surface area contributed by atoms with E-state index in [1.807, 2.05) is 78.9 Å². The van der Waals surface area contributed by atoms with Crippen molar-refractivity contribution in [2.24, 2.45) is 0 Å². The number of aromatic nitrogens is 2. The molecule has 0 bridgehead atoms. The van der Waals surface area contributed by atoms with Crippen molar-refractivity contribution in [3.63, 3.8) is 0 Å². The number of benzene rings is 2. The Labute approximate surface area is 179 Å². The molecular weight excluding hydrogens is 394 g/mol. The average molecular weight is 416 g/mol. The van der Waals surface area contributed by atoms with E-state index in [9.17, 15) is 4.79 Å². The molecule has 0 aliphatic rings. The number of carbonyl (C=O) groups is 1. The van der Waals surface area contributed by atoms with E-state index in [0.717, 1.165) is 22.5 Å². The van der Waals surface area contributed by atoms with Gasteiger partial charge >= 0.3 is 0 Å². The van der Waals surface area contributed by atoms with Gasteiger partial charge in [-0.15, -0.1) is 11.8 Å². The maximum atomic E-state index is 12.6. The predicted octanol–water partition coefficient (Wildman–Crippen LogP) is 4.88. The summed E-state index contributed by atoms with van der Waals surface area (Å²) in [5.41, 5.74) is 3.56. The lowest BCUT2D eigenvalue weighted by Crippen LogP contribution is -2.31. The van der Waals surface area contributed by atoms with Gasteiger partial charge < -0.3 is 9.73 Å². The largest absolute Gasteiger partial charge is 0.444 e. The molecule has 1 N–H and O–H groups in total. The predicted molar refractivity (Wildman–Crippen MR) is 119 cm³/mol. The van der Waals surface area contributed by atoms with Crippen molar-refractivity contribution in [1.82, 2.24) is 15.3 Å². The molecule has 0 saturated carbocycles. The van der Waals surface area contributed by atoms with Crippen LogP contribution in [-0.4, -0.2) is 21.6 Å². The number of oxazole rings is 1. The number of pyridine rings is 1. The molecule has 150 valence electrons. The summed E-state index contributed by atoms with van der Waals surface area (Å²) in [6.07, 6.45) is 3.38. The van der Waals surface area contributed by atoms with E-state index < -0.39 is 0 Å². The monoisotopic (exact) mass is 415 g/mol. The van der Waals surface area contributed by atoms with Crippen LogP contribution in [0.25, 0.3) is 11.5 Å². The number of carbonyl (C=O) groups excluding carboxylic acids is 1. The molecule has 0 radical (unpaired) electrons. The van der Waals surface area contributed by atoms with Gasteiger partial charge in [-0.3, -0.25) is 9.78 Å². The van der Waals surface area contributed by atoms with Gasteiger partial charge in [-0.05, 0) is 29.8 Å². The lowest BCUT2D eigenvalue weighted by Gasteiger charge is -2.18. The normalized spacial score (nSPS) is 11.7. The topological polar surface area (TPSA) is 68.0 Å². The molecule has 30 heavy (non-hydrogen) atoms. The minimum atomic E-state index is -0.280. The molecule has 5 nitrogen and oxygen atoms in total. The van der Waals surface area contributed by atoms with E-state index in [-0.39, 0.29) is 11.9 Å². The highest BCUT2D eigenvalue weighted by Gasteiger charge is 2.18. The second-order valence-corrected chi connectivity index (χ2v) is 7.65. The number of amides is 1. The summed E-state index contributed by atoms with van der Waals surface area (Å²) >= 11 is 1.50. The van der Waals surface area contributed by atoms with Crippen molar-refractivity contribution in [2.75, 3.05) is 5.75 Å². The SMILES string of the molecule is O=C(CSCc1coc(-c2ccccc2)n1)N[C@H](c1ccccc1)c1ccccn1. The lowest BCUT2D eigenvalue weighted by atomic mass is 10.0. The number of thioether (sulfide) groups is 1. The van der Waals surface area contributed by atoms with Gasteiger partial charge in [0, 0.05) is 17.5 Å². The number of hydrogen-bond acceptors (Lipinski definition) is 5. The highest BCUT2D eigenvalue weighted by atomic mass is 32.2. The third-order valence-corrected chi connectivity index (χ3v) is 5.44. The fraction of sp³-hybridized carbons (Fsp3) is 0.125. The van der Waals surface area contributed by atoms with Gasteiger partial charge in [-0.1, -0.05) is 54.6 Å². The van der Waals surface area contributed by atoms with Crippen LogP contribution in [0.2, 0.25) is 0 Å². The van der Waals surface area contributed by atoms with Gasteiger partial charge in [-0.25, -0.2) is 4.98 Å². The Morgan fingerprint density at radius 2 is 1.70 bits per heavy atom. The molecule has 0 aliphatic heterocycles. The second kappa shape index (κ2) is 9.89. The Hall–Kier alpha value is -3.38. The van der Waals surface area contributed by atoms with E-state index >= 15 is 0 Å². The van der Waals surface area contributed by atoms with E-state index in [4.69, 9.17) is 4.42 Å². The summed E-state index contributed by atoms with van der Waals surface area (Å²) in [6, 6.07) is 25.1. The minimum absolute atomic E-state index is 0.0497. The van der Waals surface area contributed by atoms with Crippen LogP contribution in [0.15, 0.2) is 95.7 Å². The Kier molecular flexibility index (Phi) is 6.57. The Balaban J connectivity index is 1.35. The van der Waals surface area contributed by atoms with Gasteiger partial charge in [0.05, 0.1) is 23.2 Å². The van der Waals surface area contributed by atoms with Crippen molar-refractivity contribution in [3.8, 4) is 11.5 Å². The quantitative estimate of drug-likeness (QED) is 0.444. The lowest BCUT2D eigenvalue weighted by molar-refractivity contribution is -0.119. The molecule has 0 fully saturated rings. The van der Waals surface area contributed by atoms with Crippen LogP contribution in [0, 0.1) is 0 Å².